The van der Waals surface area contributed by atoms with Gasteiger partial charge in [-0.1, -0.05) is 25.1 Å². The molecule has 1 atom stereocenters. The fraction of sp³-hybridized carbons (Fsp3) is 0.385. The van der Waals surface area contributed by atoms with Crippen LogP contribution in [0.5, 0.6) is 0 Å². The summed E-state index contributed by atoms with van der Waals surface area (Å²) < 4.78 is 1.78. The Hall–Kier alpha value is -1.84. The summed E-state index contributed by atoms with van der Waals surface area (Å²) in [6.07, 6.45) is 0.849. The molecule has 0 bridgehead atoms. The van der Waals surface area contributed by atoms with Crippen molar-refractivity contribution in [3.8, 4) is 0 Å². The standard InChI is InChI=1S/C13H16N2O2/c1-4-11-10-7-5-6-9(8(2)13(16)17)12(10)15(3)14-11/h5-8H,4H2,1-3H3,(H,16,17). The number of para-hydroxylation sites is 1. The molecular weight excluding hydrogens is 216 g/mol. The lowest BCUT2D eigenvalue weighted by molar-refractivity contribution is -0.138. The Morgan fingerprint density at radius 2 is 2.24 bits per heavy atom. The number of nitrogens with zero attached hydrogens (tertiary/aromatic N) is 2. The van der Waals surface area contributed by atoms with E-state index in [0.29, 0.717) is 0 Å². The van der Waals surface area contributed by atoms with Gasteiger partial charge in [0.05, 0.1) is 17.1 Å². The molecule has 0 aliphatic rings. The number of aryl methyl sites for hydroxylation is 2. The second-order valence-electron chi connectivity index (χ2n) is 4.23. The quantitative estimate of drug-likeness (QED) is 0.883. The van der Waals surface area contributed by atoms with Crippen LogP contribution in [0.4, 0.5) is 0 Å². The van der Waals surface area contributed by atoms with Crippen molar-refractivity contribution < 1.29 is 9.90 Å². The van der Waals surface area contributed by atoms with Gasteiger partial charge in [-0.25, -0.2) is 0 Å². The van der Waals surface area contributed by atoms with Gasteiger partial charge in [0, 0.05) is 12.4 Å². The van der Waals surface area contributed by atoms with Crippen LogP contribution in [0.1, 0.15) is 31.0 Å². The Morgan fingerprint density at radius 3 is 2.82 bits per heavy atom. The maximum absolute atomic E-state index is 11.1. The monoisotopic (exact) mass is 232 g/mol. The molecule has 4 heteroatoms. The van der Waals surface area contributed by atoms with Crippen LogP contribution >= 0.6 is 0 Å². The fourth-order valence-corrected chi connectivity index (χ4v) is 2.18. The van der Waals surface area contributed by atoms with Gasteiger partial charge in [0.2, 0.25) is 0 Å². The Morgan fingerprint density at radius 1 is 1.53 bits per heavy atom. The summed E-state index contributed by atoms with van der Waals surface area (Å²) in [5.74, 6) is -1.32. The maximum atomic E-state index is 11.1. The number of carboxylic acid groups (broad SMARTS) is 1. The molecule has 17 heavy (non-hydrogen) atoms. The molecule has 0 amide bonds. The van der Waals surface area contributed by atoms with Gasteiger partial charge in [0.25, 0.3) is 0 Å². The molecule has 2 rings (SSSR count). The number of aromatic nitrogens is 2. The number of hydrogen-bond acceptors (Lipinski definition) is 2. The molecule has 1 unspecified atom stereocenters. The van der Waals surface area contributed by atoms with Crippen molar-refractivity contribution in [2.24, 2.45) is 7.05 Å². The molecule has 4 nitrogen and oxygen atoms in total. The van der Waals surface area contributed by atoms with Crippen LogP contribution in [-0.4, -0.2) is 20.9 Å². The lowest BCUT2D eigenvalue weighted by Gasteiger charge is -2.09. The molecule has 90 valence electrons. The van der Waals surface area contributed by atoms with Gasteiger partial charge in [0.15, 0.2) is 0 Å². The lowest BCUT2D eigenvalue weighted by Crippen LogP contribution is -2.09. The number of carboxylic acids is 1. The highest BCUT2D eigenvalue weighted by molar-refractivity contribution is 5.89. The van der Waals surface area contributed by atoms with Crippen LogP contribution in [0, 0.1) is 0 Å². The van der Waals surface area contributed by atoms with E-state index in [1.165, 1.54) is 0 Å². The van der Waals surface area contributed by atoms with Gasteiger partial charge in [-0.15, -0.1) is 0 Å². The van der Waals surface area contributed by atoms with E-state index in [2.05, 4.69) is 12.0 Å². The third-order valence-corrected chi connectivity index (χ3v) is 3.14. The van der Waals surface area contributed by atoms with Gasteiger partial charge in [-0.05, 0) is 18.9 Å². The molecule has 0 saturated heterocycles. The SMILES string of the molecule is CCc1nn(C)c2c(C(C)C(=O)O)cccc12. The molecular formula is C13H16N2O2. The topological polar surface area (TPSA) is 55.1 Å². The zero-order valence-corrected chi connectivity index (χ0v) is 10.3. The third-order valence-electron chi connectivity index (χ3n) is 3.14. The smallest absolute Gasteiger partial charge is 0.310 e. The van der Waals surface area contributed by atoms with Crippen LogP contribution in [0.2, 0.25) is 0 Å². The van der Waals surface area contributed by atoms with Gasteiger partial charge < -0.3 is 5.11 Å². The number of benzene rings is 1. The van der Waals surface area contributed by atoms with Crippen LogP contribution in [0.15, 0.2) is 18.2 Å². The van der Waals surface area contributed by atoms with E-state index in [1.54, 1.807) is 11.6 Å². The summed E-state index contributed by atoms with van der Waals surface area (Å²) in [5.41, 5.74) is 2.77. The number of aliphatic carboxylic acids is 1. The Labute approximate surface area is 99.9 Å². The predicted molar refractivity (Wildman–Crippen MR) is 66.1 cm³/mol. The first kappa shape index (κ1) is 11.6. The third kappa shape index (κ3) is 1.79. The van der Waals surface area contributed by atoms with Gasteiger partial charge in [-0.2, -0.15) is 5.10 Å². The minimum absolute atomic E-state index is 0.515. The molecule has 0 aliphatic heterocycles. The van der Waals surface area contributed by atoms with Crippen LogP contribution in [0.3, 0.4) is 0 Å². The normalized spacial score (nSPS) is 12.9. The second-order valence-corrected chi connectivity index (χ2v) is 4.23. The summed E-state index contributed by atoms with van der Waals surface area (Å²) >= 11 is 0. The van der Waals surface area contributed by atoms with Crippen LogP contribution < -0.4 is 0 Å². The van der Waals surface area contributed by atoms with Crippen molar-refractivity contribution in [3.05, 3.63) is 29.5 Å². The van der Waals surface area contributed by atoms with E-state index < -0.39 is 11.9 Å². The van der Waals surface area contributed by atoms with E-state index in [0.717, 1.165) is 28.6 Å². The van der Waals surface area contributed by atoms with Gasteiger partial charge >= 0.3 is 5.97 Å². The Bertz CT molecular complexity index is 572. The average Bonchev–Trinajstić information content (AvgIpc) is 2.65. The van der Waals surface area contributed by atoms with E-state index in [-0.39, 0.29) is 0 Å². The maximum Gasteiger partial charge on any atom is 0.310 e. The molecule has 2 aromatic rings. The van der Waals surface area contributed by atoms with Crippen LogP contribution in [0.25, 0.3) is 10.9 Å². The van der Waals surface area contributed by atoms with E-state index >= 15 is 0 Å². The molecule has 0 spiro atoms. The van der Waals surface area contributed by atoms with Crippen molar-refractivity contribution in [3.63, 3.8) is 0 Å². The molecule has 0 saturated carbocycles. The summed E-state index contributed by atoms with van der Waals surface area (Å²) in [6.45, 7) is 3.75. The highest BCUT2D eigenvalue weighted by Crippen LogP contribution is 2.27. The minimum Gasteiger partial charge on any atom is -0.481 e. The van der Waals surface area contributed by atoms with E-state index in [9.17, 15) is 4.79 Å². The molecule has 0 radical (unpaired) electrons. The molecule has 1 aromatic heterocycles. The average molecular weight is 232 g/mol. The van der Waals surface area contributed by atoms with E-state index in [1.807, 2.05) is 25.2 Å². The van der Waals surface area contributed by atoms with Crippen molar-refractivity contribution in [1.82, 2.24) is 9.78 Å². The first-order chi connectivity index (χ1) is 8.06. The van der Waals surface area contributed by atoms with Gasteiger partial charge in [0.1, 0.15) is 0 Å². The second kappa shape index (κ2) is 4.20. The summed E-state index contributed by atoms with van der Waals surface area (Å²) in [7, 11) is 1.86. The predicted octanol–water partition coefficient (Wildman–Crippen LogP) is 2.32. The fourth-order valence-electron chi connectivity index (χ4n) is 2.18. The van der Waals surface area contributed by atoms with Crippen molar-refractivity contribution in [1.29, 1.82) is 0 Å². The zero-order chi connectivity index (χ0) is 12.6. The number of rotatable bonds is 3. The van der Waals surface area contributed by atoms with E-state index in [4.69, 9.17) is 5.11 Å². The summed E-state index contributed by atoms with van der Waals surface area (Å²) in [6, 6.07) is 5.76. The first-order valence-corrected chi connectivity index (χ1v) is 5.73. The molecule has 1 aromatic carbocycles. The van der Waals surface area contributed by atoms with Crippen molar-refractivity contribution in [2.45, 2.75) is 26.2 Å². The Balaban J connectivity index is 2.73. The molecule has 0 aliphatic carbocycles. The van der Waals surface area contributed by atoms with Crippen LogP contribution in [-0.2, 0) is 18.3 Å². The first-order valence-electron chi connectivity index (χ1n) is 5.73. The largest absolute Gasteiger partial charge is 0.481 e. The highest BCUT2D eigenvalue weighted by Gasteiger charge is 2.19. The molecule has 0 fully saturated rings. The highest BCUT2D eigenvalue weighted by atomic mass is 16.4. The molecule has 1 heterocycles. The number of fused-ring (bicyclic) bond motifs is 1. The Kier molecular flexibility index (Phi) is 2.88. The van der Waals surface area contributed by atoms with Crippen molar-refractivity contribution >= 4 is 16.9 Å². The number of carbonyl (C=O) groups is 1. The minimum atomic E-state index is -0.809. The van der Waals surface area contributed by atoms with Gasteiger partial charge in [-0.3, -0.25) is 9.48 Å². The number of hydrogen-bond donors (Lipinski definition) is 1. The lowest BCUT2D eigenvalue weighted by atomic mass is 9.98. The van der Waals surface area contributed by atoms with Crippen molar-refractivity contribution in [2.75, 3.05) is 0 Å². The molecule has 1 N–H and O–H groups in total. The summed E-state index contributed by atoms with van der Waals surface area (Å²) in [4.78, 5) is 11.1. The zero-order valence-electron chi connectivity index (χ0n) is 10.3. The summed E-state index contributed by atoms with van der Waals surface area (Å²) in [5, 5.41) is 14.6.